The van der Waals surface area contributed by atoms with Gasteiger partial charge in [-0.25, -0.2) is 9.37 Å². The molecule has 0 aliphatic carbocycles. The van der Waals surface area contributed by atoms with Gasteiger partial charge in [-0.1, -0.05) is 31.5 Å². The predicted molar refractivity (Wildman–Crippen MR) is 125 cm³/mol. The van der Waals surface area contributed by atoms with Crippen LogP contribution in [0.15, 0.2) is 41.5 Å². The van der Waals surface area contributed by atoms with Crippen molar-refractivity contribution in [1.82, 2.24) is 15.6 Å². The van der Waals surface area contributed by atoms with Crippen molar-refractivity contribution in [1.29, 1.82) is 0 Å². The normalized spacial score (nSPS) is 17.5. The first kappa shape index (κ1) is 23.3. The Balaban J connectivity index is 1.57. The third-order valence-electron chi connectivity index (χ3n) is 5.42. The second-order valence-electron chi connectivity index (χ2n) is 8.44. The molecule has 31 heavy (non-hydrogen) atoms. The van der Waals surface area contributed by atoms with E-state index in [1.54, 1.807) is 13.1 Å². The van der Waals surface area contributed by atoms with Crippen molar-refractivity contribution in [2.45, 2.75) is 38.8 Å². The number of hydrogen-bond donors (Lipinski definition) is 2. The van der Waals surface area contributed by atoms with E-state index in [1.807, 2.05) is 12.3 Å². The van der Waals surface area contributed by atoms with Crippen molar-refractivity contribution in [2.75, 3.05) is 38.2 Å². The van der Waals surface area contributed by atoms with E-state index in [0.29, 0.717) is 24.1 Å². The highest BCUT2D eigenvalue weighted by atomic mass is 35.5. The van der Waals surface area contributed by atoms with E-state index in [1.165, 1.54) is 12.1 Å². The molecular weight excluding hydrogens is 417 g/mol. The van der Waals surface area contributed by atoms with E-state index in [-0.39, 0.29) is 17.3 Å². The number of guanidine groups is 1. The molecule has 1 aromatic carbocycles. The Labute approximate surface area is 188 Å². The zero-order chi connectivity index (χ0) is 22.4. The Bertz CT molecular complexity index is 921. The van der Waals surface area contributed by atoms with Crippen molar-refractivity contribution < 1.29 is 9.13 Å². The number of ether oxygens (including phenoxy) is 1. The lowest BCUT2D eigenvalue weighted by Gasteiger charge is -2.32. The number of morpholine rings is 1. The Morgan fingerprint density at radius 3 is 2.84 bits per heavy atom. The SMILES string of the molecule is CN=C(NCc1ccnc(N2CCOC(C)C2)c1)NCC(C)(C)c1ccc(F)cc1Cl. The number of benzene rings is 1. The maximum absolute atomic E-state index is 13.4. The number of aliphatic imine (C=N–C) groups is 1. The summed E-state index contributed by atoms with van der Waals surface area (Å²) in [7, 11) is 1.74. The fraction of sp³-hybridized carbons (Fsp3) is 0.478. The Kier molecular flexibility index (Phi) is 7.73. The number of nitrogens with zero attached hydrogens (tertiary/aromatic N) is 3. The van der Waals surface area contributed by atoms with Crippen molar-refractivity contribution in [2.24, 2.45) is 4.99 Å². The molecule has 2 aromatic rings. The Morgan fingerprint density at radius 1 is 1.32 bits per heavy atom. The number of halogens is 2. The number of rotatable bonds is 6. The van der Waals surface area contributed by atoms with Gasteiger partial charge in [0.2, 0.25) is 0 Å². The van der Waals surface area contributed by atoms with Crippen LogP contribution in [0, 0.1) is 5.82 Å². The first-order chi connectivity index (χ1) is 14.8. The minimum Gasteiger partial charge on any atom is -0.375 e. The van der Waals surface area contributed by atoms with E-state index in [4.69, 9.17) is 16.3 Å². The van der Waals surface area contributed by atoms with Crippen molar-refractivity contribution in [3.8, 4) is 0 Å². The summed E-state index contributed by atoms with van der Waals surface area (Å²) in [5.74, 6) is 1.31. The van der Waals surface area contributed by atoms with Crippen LogP contribution in [0.4, 0.5) is 10.2 Å². The lowest BCUT2D eigenvalue weighted by atomic mass is 9.84. The largest absolute Gasteiger partial charge is 0.375 e. The molecule has 1 atom stereocenters. The van der Waals surface area contributed by atoms with Crippen molar-refractivity contribution >= 4 is 23.4 Å². The maximum atomic E-state index is 13.4. The highest BCUT2D eigenvalue weighted by molar-refractivity contribution is 6.31. The Hall–Kier alpha value is -2.38. The van der Waals surface area contributed by atoms with Crippen LogP contribution in [0.1, 0.15) is 31.9 Å². The van der Waals surface area contributed by atoms with Crippen LogP contribution in [0.2, 0.25) is 5.02 Å². The fourth-order valence-electron chi connectivity index (χ4n) is 3.61. The van der Waals surface area contributed by atoms with E-state index in [0.717, 1.165) is 36.6 Å². The minimum absolute atomic E-state index is 0.207. The molecule has 168 valence electrons. The van der Waals surface area contributed by atoms with Crippen molar-refractivity contribution in [3.05, 3.63) is 58.5 Å². The molecular formula is C23H31ClFN5O. The van der Waals surface area contributed by atoms with E-state index in [2.05, 4.69) is 52.3 Å². The topological polar surface area (TPSA) is 61.8 Å². The third kappa shape index (κ3) is 6.31. The second-order valence-corrected chi connectivity index (χ2v) is 8.84. The molecule has 0 radical (unpaired) electrons. The van der Waals surface area contributed by atoms with Gasteiger partial charge in [0.05, 0.1) is 12.7 Å². The molecule has 2 heterocycles. The van der Waals surface area contributed by atoms with E-state index < -0.39 is 0 Å². The second kappa shape index (κ2) is 10.3. The molecule has 1 saturated heterocycles. The molecule has 1 fully saturated rings. The van der Waals surface area contributed by atoms with Gasteiger partial charge in [0.25, 0.3) is 0 Å². The van der Waals surface area contributed by atoms with Gasteiger partial charge in [0.1, 0.15) is 11.6 Å². The van der Waals surface area contributed by atoms with Crippen LogP contribution in [0.25, 0.3) is 0 Å². The smallest absolute Gasteiger partial charge is 0.191 e. The van der Waals surface area contributed by atoms with E-state index >= 15 is 0 Å². The quantitative estimate of drug-likeness (QED) is 0.521. The van der Waals surface area contributed by atoms with Gasteiger partial charge in [-0.05, 0) is 42.3 Å². The highest BCUT2D eigenvalue weighted by Gasteiger charge is 2.24. The summed E-state index contributed by atoms with van der Waals surface area (Å²) in [5.41, 5.74) is 1.70. The van der Waals surface area contributed by atoms with Gasteiger partial charge in [-0.15, -0.1) is 0 Å². The van der Waals surface area contributed by atoms with Crippen LogP contribution in [0.5, 0.6) is 0 Å². The molecule has 8 heteroatoms. The van der Waals surface area contributed by atoms with Gasteiger partial charge in [0, 0.05) is 49.9 Å². The molecule has 0 spiro atoms. The molecule has 6 nitrogen and oxygen atoms in total. The molecule has 3 rings (SSSR count). The number of hydrogen-bond acceptors (Lipinski definition) is 4. The van der Waals surface area contributed by atoms with Gasteiger partial charge < -0.3 is 20.3 Å². The molecule has 2 N–H and O–H groups in total. The first-order valence-electron chi connectivity index (χ1n) is 10.5. The third-order valence-corrected chi connectivity index (χ3v) is 5.73. The summed E-state index contributed by atoms with van der Waals surface area (Å²) in [4.78, 5) is 11.1. The summed E-state index contributed by atoms with van der Waals surface area (Å²) in [6.45, 7) is 9.81. The Morgan fingerprint density at radius 2 is 2.13 bits per heavy atom. The van der Waals surface area contributed by atoms with Gasteiger partial charge >= 0.3 is 0 Å². The molecule has 1 aromatic heterocycles. The van der Waals surface area contributed by atoms with Gasteiger partial charge in [-0.3, -0.25) is 4.99 Å². The van der Waals surface area contributed by atoms with Crippen LogP contribution in [0.3, 0.4) is 0 Å². The van der Waals surface area contributed by atoms with Gasteiger partial charge in [-0.2, -0.15) is 0 Å². The molecule has 1 aliphatic rings. The number of aromatic nitrogens is 1. The molecule has 1 aliphatic heterocycles. The van der Waals surface area contributed by atoms with Crippen LogP contribution in [-0.4, -0.2) is 50.3 Å². The number of nitrogens with one attached hydrogen (secondary N) is 2. The highest BCUT2D eigenvalue weighted by Crippen LogP contribution is 2.29. The van der Waals surface area contributed by atoms with E-state index in [9.17, 15) is 4.39 Å². The standard InChI is InChI=1S/C23H31ClFN5O/c1-16-14-30(9-10-31-16)21-11-17(7-8-27-21)13-28-22(26-4)29-15-23(2,3)19-6-5-18(25)12-20(19)24/h5-8,11-12,16H,9-10,13-15H2,1-4H3,(H2,26,28,29). The molecule has 0 bridgehead atoms. The number of pyridine rings is 1. The van der Waals surface area contributed by atoms with Crippen molar-refractivity contribution in [3.63, 3.8) is 0 Å². The predicted octanol–water partition coefficient (Wildman–Crippen LogP) is 3.74. The summed E-state index contributed by atoms with van der Waals surface area (Å²) in [6, 6.07) is 8.62. The summed E-state index contributed by atoms with van der Waals surface area (Å²) < 4.78 is 19.0. The lowest BCUT2D eigenvalue weighted by Crippen LogP contribution is -2.43. The lowest BCUT2D eigenvalue weighted by molar-refractivity contribution is 0.0529. The minimum atomic E-state index is -0.335. The zero-order valence-corrected chi connectivity index (χ0v) is 19.3. The summed E-state index contributed by atoms with van der Waals surface area (Å²) in [5, 5.41) is 7.12. The number of anilines is 1. The summed E-state index contributed by atoms with van der Waals surface area (Å²) in [6.07, 6.45) is 2.04. The fourth-order valence-corrected chi connectivity index (χ4v) is 4.04. The monoisotopic (exact) mass is 447 g/mol. The zero-order valence-electron chi connectivity index (χ0n) is 18.6. The average Bonchev–Trinajstić information content (AvgIpc) is 2.74. The van der Waals surface area contributed by atoms with Crippen LogP contribution in [-0.2, 0) is 16.7 Å². The maximum Gasteiger partial charge on any atom is 0.191 e. The molecule has 1 unspecified atom stereocenters. The average molecular weight is 448 g/mol. The van der Waals surface area contributed by atoms with Gasteiger partial charge in [0.15, 0.2) is 5.96 Å². The molecule has 0 saturated carbocycles. The first-order valence-corrected chi connectivity index (χ1v) is 10.9. The molecule has 0 amide bonds. The van der Waals surface area contributed by atoms with Crippen LogP contribution >= 0.6 is 11.6 Å². The van der Waals surface area contributed by atoms with Crippen LogP contribution < -0.4 is 15.5 Å². The summed E-state index contributed by atoms with van der Waals surface area (Å²) >= 11 is 6.26.